The average molecular weight is 154 g/mol. The third kappa shape index (κ3) is 1.11. The molecular formula is C6H10N4O. The maximum Gasteiger partial charge on any atom is 0.138 e. The molecule has 0 unspecified atom stereocenters. The van der Waals surface area contributed by atoms with E-state index in [2.05, 4.69) is 15.5 Å². The molecule has 1 aliphatic carbocycles. The van der Waals surface area contributed by atoms with E-state index in [1.54, 1.807) is 18.1 Å². The fraction of sp³-hybridized carbons (Fsp3) is 0.833. The Labute approximate surface area is 64.3 Å². The zero-order chi connectivity index (χ0) is 7.68. The summed E-state index contributed by atoms with van der Waals surface area (Å²) in [5, 5.41) is 10.9. The molecule has 0 bridgehead atoms. The minimum Gasteiger partial charge on any atom is -0.381 e. The second-order valence-electron chi connectivity index (χ2n) is 2.77. The normalized spacial score (nSPS) is 29.9. The van der Waals surface area contributed by atoms with E-state index in [4.69, 9.17) is 4.74 Å². The first kappa shape index (κ1) is 6.72. The topological polar surface area (TPSA) is 52.8 Å². The summed E-state index contributed by atoms with van der Waals surface area (Å²) in [6.07, 6.45) is 4.11. The monoisotopic (exact) mass is 154 g/mol. The minimum atomic E-state index is 0.407. The lowest BCUT2D eigenvalue weighted by Gasteiger charge is -2.33. The van der Waals surface area contributed by atoms with E-state index < -0.39 is 0 Å². The summed E-state index contributed by atoms with van der Waals surface area (Å²) in [5.41, 5.74) is 0. The van der Waals surface area contributed by atoms with Crippen LogP contribution >= 0.6 is 0 Å². The summed E-state index contributed by atoms with van der Waals surface area (Å²) in [6.45, 7) is 0. The fourth-order valence-corrected chi connectivity index (χ4v) is 1.28. The predicted octanol–water partition coefficient (Wildman–Crippen LogP) is 0.0230. The summed E-state index contributed by atoms with van der Waals surface area (Å²) in [5.74, 6) is 0. The van der Waals surface area contributed by atoms with Crippen molar-refractivity contribution in [2.45, 2.75) is 25.0 Å². The highest BCUT2D eigenvalue weighted by molar-refractivity contribution is 4.83. The minimum absolute atomic E-state index is 0.407. The largest absolute Gasteiger partial charge is 0.381 e. The molecule has 1 aromatic rings. The SMILES string of the molecule is COC1CC(n2cnnn2)C1. The molecule has 5 heteroatoms. The van der Waals surface area contributed by atoms with Gasteiger partial charge in [-0.1, -0.05) is 0 Å². The summed E-state index contributed by atoms with van der Waals surface area (Å²) in [6, 6.07) is 0.454. The molecule has 2 rings (SSSR count). The Morgan fingerprint density at radius 3 is 2.91 bits per heavy atom. The molecule has 1 aliphatic rings. The van der Waals surface area contributed by atoms with Gasteiger partial charge in [-0.15, -0.1) is 5.10 Å². The van der Waals surface area contributed by atoms with Crippen molar-refractivity contribution in [2.24, 2.45) is 0 Å². The van der Waals surface area contributed by atoms with Gasteiger partial charge in [0.25, 0.3) is 0 Å². The highest BCUT2D eigenvalue weighted by Crippen LogP contribution is 2.32. The molecule has 0 amide bonds. The highest BCUT2D eigenvalue weighted by Gasteiger charge is 2.30. The van der Waals surface area contributed by atoms with Crippen LogP contribution in [0.25, 0.3) is 0 Å². The van der Waals surface area contributed by atoms with E-state index in [-0.39, 0.29) is 0 Å². The van der Waals surface area contributed by atoms with Crippen molar-refractivity contribution in [2.75, 3.05) is 7.11 Å². The quantitative estimate of drug-likeness (QED) is 0.602. The first-order valence-corrected chi connectivity index (χ1v) is 3.65. The van der Waals surface area contributed by atoms with Gasteiger partial charge >= 0.3 is 0 Å². The van der Waals surface area contributed by atoms with Crippen LogP contribution in [0.4, 0.5) is 0 Å². The number of hydrogen-bond donors (Lipinski definition) is 0. The zero-order valence-corrected chi connectivity index (χ0v) is 6.34. The third-order valence-corrected chi connectivity index (χ3v) is 2.14. The molecule has 11 heavy (non-hydrogen) atoms. The van der Waals surface area contributed by atoms with E-state index in [9.17, 15) is 0 Å². The second-order valence-corrected chi connectivity index (χ2v) is 2.77. The van der Waals surface area contributed by atoms with E-state index >= 15 is 0 Å². The van der Waals surface area contributed by atoms with Crippen molar-refractivity contribution < 1.29 is 4.74 Å². The third-order valence-electron chi connectivity index (χ3n) is 2.14. The van der Waals surface area contributed by atoms with Crippen molar-refractivity contribution in [1.82, 2.24) is 20.2 Å². The van der Waals surface area contributed by atoms with Crippen molar-refractivity contribution >= 4 is 0 Å². The van der Waals surface area contributed by atoms with Crippen LogP contribution in [0.15, 0.2) is 6.33 Å². The summed E-state index contributed by atoms with van der Waals surface area (Å²) in [4.78, 5) is 0. The molecule has 0 saturated heterocycles. The molecule has 0 atom stereocenters. The second kappa shape index (κ2) is 2.58. The molecule has 5 nitrogen and oxygen atoms in total. The molecule has 60 valence electrons. The van der Waals surface area contributed by atoms with Crippen LogP contribution in [0.5, 0.6) is 0 Å². The molecule has 0 aliphatic heterocycles. The van der Waals surface area contributed by atoms with Gasteiger partial charge in [0, 0.05) is 7.11 Å². The van der Waals surface area contributed by atoms with Gasteiger partial charge in [-0.3, -0.25) is 0 Å². The van der Waals surface area contributed by atoms with Crippen molar-refractivity contribution in [3.05, 3.63) is 6.33 Å². The average Bonchev–Trinajstić information content (AvgIpc) is 2.37. The van der Waals surface area contributed by atoms with Crippen LogP contribution in [0, 0.1) is 0 Å². The number of methoxy groups -OCH3 is 1. The zero-order valence-electron chi connectivity index (χ0n) is 6.34. The summed E-state index contributed by atoms with van der Waals surface area (Å²) in [7, 11) is 1.74. The van der Waals surface area contributed by atoms with Crippen molar-refractivity contribution in [1.29, 1.82) is 0 Å². The lowest BCUT2D eigenvalue weighted by atomic mass is 9.89. The number of nitrogens with zero attached hydrogens (tertiary/aromatic N) is 4. The lowest BCUT2D eigenvalue weighted by Crippen LogP contribution is -2.32. The molecule has 1 heterocycles. The molecule has 1 fully saturated rings. The highest BCUT2D eigenvalue weighted by atomic mass is 16.5. The van der Waals surface area contributed by atoms with Crippen LogP contribution in [0.1, 0.15) is 18.9 Å². The van der Waals surface area contributed by atoms with Gasteiger partial charge in [0.2, 0.25) is 0 Å². The summed E-state index contributed by atoms with van der Waals surface area (Å²) < 4.78 is 6.92. The number of ether oxygens (including phenoxy) is 1. The number of tetrazole rings is 1. The summed E-state index contributed by atoms with van der Waals surface area (Å²) >= 11 is 0. The first-order chi connectivity index (χ1) is 5.40. The first-order valence-electron chi connectivity index (χ1n) is 3.65. The van der Waals surface area contributed by atoms with Crippen molar-refractivity contribution in [3.63, 3.8) is 0 Å². The number of rotatable bonds is 2. The van der Waals surface area contributed by atoms with Crippen LogP contribution < -0.4 is 0 Å². The smallest absolute Gasteiger partial charge is 0.138 e. The van der Waals surface area contributed by atoms with Gasteiger partial charge in [-0.2, -0.15) is 0 Å². The Balaban J connectivity index is 1.92. The van der Waals surface area contributed by atoms with Gasteiger partial charge in [0.15, 0.2) is 0 Å². The Morgan fingerprint density at radius 2 is 2.36 bits per heavy atom. The van der Waals surface area contributed by atoms with Crippen LogP contribution in [-0.4, -0.2) is 33.4 Å². The van der Waals surface area contributed by atoms with Crippen LogP contribution in [-0.2, 0) is 4.74 Å². The Morgan fingerprint density at radius 1 is 1.55 bits per heavy atom. The van der Waals surface area contributed by atoms with E-state index in [1.807, 2.05) is 0 Å². The van der Waals surface area contributed by atoms with Gasteiger partial charge < -0.3 is 4.74 Å². The standard InChI is InChI=1S/C6H10N4O/c1-11-6-2-5(3-6)10-4-7-8-9-10/h4-6H,2-3H2,1H3. The predicted molar refractivity (Wildman–Crippen MR) is 36.9 cm³/mol. The molecule has 1 aromatic heterocycles. The van der Waals surface area contributed by atoms with Crippen LogP contribution in [0.2, 0.25) is 0 Å². The van der Waals surface area contributed by atoms with Gasteiger partial charge in [-0.05, 0) is 23.3 Å². The maximum atomic E-state index is 5.13. The van der Waals surface area contributed by atoms with Gasteiger partial charge in [-0.25, -0.2) is 4.68 Å². The molecular weight excluding hydrogens is 144 g/mol. The van der Waals surface area contributed by atoms with E-state index in [0.29, 0.717) is 12.1 Å². The van der Waals surface area contributed by atoms with E-state index in [1.165, 1.54) is 0 Å². The van der Waals surface area contributed by atoms with Gasteiger partial charge in [0.05, 0.1) is 12.1 Å². The molecule has 0 aromatic carbocycles. The Hall–Kier alpha value is -0.970. The Bertz CT molecular complexity index is 216. The molecule has 0 N–H and O–H groups in total. The number of aromatic nitrogens is 4. The molecule has 0 spiro atoms. The fourth-order valence-electron chi connectivity index (χ4n) is 1.28. The molecule has 1 saturated carbocycles. The van der Waals surface area contributed by atoms with Crippen molar-refractivity contribution in [3.8, 4) is 0 Å². The molecule has 0 radical (unpaired) electrons. The van der Waals surface area contributed by atoms with Crippen LogP contribution in [0.3, 0.4) is 0 Å². The number of hydrogen-bond acceptors (Lipinski definition) is 4. The lowest BCUT2D eigenvalue weighted by molar-refractivity contribution is 0.00192. The maximum absolute atomic E-state index is 5.13. The van der Waals surface area contributed by atoms with E-state index in [0.717, 1.165) is 12.8 Å². The Kier molecular flexibility index (Phi) is 1.58. The van der Waals surface area contributed by atoms with Gasteiger partial charge in [0.1, 0.15) is 6.33 Å².